The molecule has 1 aliphatic rings. The van der Waals surface area contributed by atoms with Gasteiger partial charge in [-0.15, -0.1) is 11.8 Å². The monoisotopic (exact) mass is 468 g/mol. The van der Waals surface area contributed by atoms with Crippen LogP contribution in [0.2, 0.25) is 0 Å². The van der Waals surface area contributed by atoms with Crippen molar-refractivity contribution in [1.29, 1.82) is 0 Å². The van der Waals surface area contributed by atoms with Crippen LogP contribution in [0, 0.1) is 6.92 Å². The van der Waals surface area contributed by atoms with Gasteiger partial charge in [0.1, 0.15) is 5.75 Å². The molecule has 3 aromatic rings. The van der Waals surface area contributed by atoms with Crippen molar-refractivity contribution in [2.45, 2.75) is 23.6 Å². The summed E-state index contributed by atoms with van der Waals surface area (Å²) in [6.45, 7) is 5.28. The van der Waals surface area contributed by atoms with Gasteiger partial charge in [0.25, 0.3) is 5.91 Å². The topological polar surface area (TPSA) is 89.7 Å². The number of aryl methyl sites for hydroxylation is 1. The Morgan fingerprint density at radius 2 is 1.94 bits per heavy atom. The van der Waals surface area contributed by atoms with Gasteiger partial charge in [-0.05, 0) is 29.8 Å². The highest BCUT2D eigenvalue weighted by Crippen LogP contribution is 2.27. The van der Waals surface area contributed by atoms with Gasteiger partial charge in [0.05, 0.1) is 37.7 Å². The van der Waals surface area contributed by atoms with Gasteiger partial charge in [-0.1, -0.05) is 29.4 Å². The first-order valence-corrected chi connectivity index (χ1v) is 11.9. The molecule has 0 saturated carbocycles. The van der Waals surface area contributed by atoms with Crippen molar-refractivity contribution in [1.82, 2.24) is 20.4 Å². The standard InChI is InChI=1S/C24H28N4O4S/c1-17-26-23(27-32-17)16-33-22-6-4-3-5-20(22)24(29)25-15-21(28-11-13-31-14-12-28)18-7-9-19(30-2)10-8-18/h3-10,21H,11-16H2,1-2H3,(H,25,29). The van der Waals surface area contributed by atoms with Gasteiger partial charge < -0.3 is 19.3 Å². The Morgan fingerprint density at radius 1 is 1.18 bits per heavy atom. The maximum atomic E-state index is 13.2. The molecule has 0 radical (unpaired) electrons. The van der Waals surface area contributed by atoms with E-state index in [2.05, 4.69) is 32.5 Å². The zero-order valence-corrected chi connectivity index (χ0v) is 19.6. The minimum Gasteiger partial charge on any atom is -0.497 e. The number of methoxy groups -OCH3 is 1. The van der Waals surface area contributed by atoms with Crippen LogP contribution in [0.25, 0.3) is 0 Å². The van der Waals surface area contributed by atoms with Crippen LogP contribution < -0.4 is 10.1 Å². The number of thioether (sulfide) groups is 1. The molecule has 9 heteroatoms. The number of carbonyl (C=O) groups is 1. The minimum atomic E-state index is -0.103. The highest BCUT2D eigenvalue weighted by molar-refractivity contribution is 7.98. The van der Waals surface area contributed by atoms with Gasteiger partial charge in [0, 0.05) is 31.5 Å². The van der Waals surface area contributed by atoms with Gasteiger partial charge in [0.15, 0.2) is 5.82 Å². The second kappa shape index (κ2) is 11.3. The van der Waals surface area contributed by atoms with E-state index in [9.17, 15) is 4.79 Å². The summed E-state index contributed by atoms with van der Waals surface area (Å²) in [4.78, 5) is 20.6. The third-order valence-electron chi connectivity index (χ3n) is 5.50. The van der Waals surface area contributed by atoms with Crippen LogP contribution in [0.1, 0.15) is 33.7 Å². The quantitative estimate of drug-likeness (QED) is 0.478. The van der Waals surface area contributed by atoms with E-state index in [1.54, 1.807) is 14.0 Å². The summed E-state index contributed by atoms with van der Waals surface area (Å²) in [6.07, 6.45) is 0. The summed E-state index contributed by atoms with van der Waals surface area (Å²) in [5.74, 6) is 2.38. The molecule has 2 heterocycles. The van der Waals surface area contributed by atoms with Crippen molar-refractivity contribution in [3.8, 4) is 5.75 Å². The molecule has 1 aromatic heterocycles. The molecule has 1 unspecified atom stereocenters. The number of ether oxygens (including phenoxy) is 2. The maximum absolute atomic E-state index is 13.2. The molecule has 1 fully saturated rings. The number of hydrogen-bond acceptors (Lipinski definition) is 8. The number of benzene rings is 2. The molecule has 174 valence electrons. The zero-order chi connectivity index (χ0) is 23.0. The van der Waals surface area contributed by atoms with Crippen molar-refractivity contribution >= 4 is 17.7 Å². The Morgan fingerprint density at radius 3 is 2.64 bits per heavy atom. The van der Waals surface area contributed by atoms with E-state index >= 15 is 0 Å². The van der Waals surface area contributed by atoms with E-state index in [0.717, 1.165) is 29.3 Å². The predicted molar refractivity (Wildman–Crippen MR) is 125 cm³/mol. The smallest absolute Gasteiger partial charge is 0.252 e. The zero-order valence-electron chi connectivity index (χ0n) is 18.8. The number of aromatic nitrogens is 2. The predicted octanol–water partition coefficient (Wildman–Crippen LogP) is 3.48. The Kier molecular flexibility index (Phi) is 7.98. The summed E-state index contributed by atoms with van der Waals surface area (Å²) < 4.78 is 15.9. The number of nitrogens with one attached hydrogen (secondary N) is 1. The molecule has 4 rings (SSSR count). The highest BCUT2D eigenvalue weighted by Gasteiger charge is 2.24. The lowest BCUT2D eigenvalue weighted by Gasteiger charge is -2.35. The number of rotatable bonds is 9. The van der Waals surface area contributed by atoms with Gasteiger partial charge >= 0.3 is 0 Å². The van der Waals surface area contributed by atoms with E-state index in [1.165, 1.54) is 11.8 Å². The summed E-state index contributed by atoms with van der Waals surface area (Å²) in [7, 11) is 1.66. The molecule has 1 atom stereocenters. The molecule has 1 amide bonds. The molecule has 1 N–H and O–H groups in total. The van der Waals surface area contributed by atoms with Crippen LogP contribution in [0.5, 0.6) is 5.75 Å². The summed E-state index contributed by atoms with van der Waals surface area (Å²) >= 11 is 1.52. The number of carbonyl (C=O) groups excluding carboxylic acids is 1. The van der Waals surface area contributed by atoms with Crippen molar-refractivity contribution in [2.75, 3.05) is 40.0 Å². The first-order chi connectivity index (χ1) is 16.1. The van der Waals surface area contributed by atoms with E-state index in [-0.39, 0.29) is 11.9 Å². The number of nitrogens with zero attached hydrogens (tertiary/aromatic N) is 3. The highest BCUT2D eigenvalue weighted by atomic mass is 32.2. The van der Waals surface area contributed by atoms with Crippen molar-refractivity contribution in [3.63, 3.8) is 0 Å². The lowest BCUT2D eigenvalue weighted by molar-refractivity contribution is 0.0162. The first-order valence-electron chi connectivity index (χ1n) is 10.9. The van der Waals surface area contributed by atoms with Crippen molar-refractivity contribution in [2.24, 2.45) is 0 Å². The molecule has 2 aromatic carbocycles. The third kappa shape index (κ3) is 6.13. The van der Waals surface area contributed by atoms with E-state index < -0.39 is 0 Å². The second-order valence-electron chi connectivity index (χ2n) is 7.66. The minimum absolute atomic E-state index is 0.0471. The molecule has 1 saturated heterocycles. The van der Waals surface area contributed by atoms with Gasteiger partial charge in [0.2, 0.25) is 5.89 Å². The Hall–Kier alpha value is -2.88. The summed E-state index contributed by atoms with van der Waals surface area (Å²) in [6, 6.07) is 15.7. The van der Waals surface area contributed by atoms with Crippen LogP contribution in [0.3, 0.4) is 0 Å². The lowest BCUT2D eigenvalue weighted by atomic mass is 10.0. The Labute approximate surface area is 197 Å². The molecule has 33 heavy (non-hydrogen) atoms. The Balaban J connectivity index is 1.45. The SMILES string of the molecule is COc1ccc(C(CNC(=O)c2ccccc2SCc2noc(C)n2)N2CCOCC2)cc1. The van der Waals surface area contributed by atoms with Crippen LogP contribution >= 0.6 is 11.8 Å². The fourth-order valence-corrected chi connectivity index (χ4v) is 4.67. The normalized spacial score (nSPS) is 15.2. The molecule has 0 aliphatic carbocycles. The van der Waals surface area contributed by atoms with Crippen molar-refractivity contribution in [3.05, 3.63) is 71.4 Å². The number of amides is 1. The molecule has 8 nitrogen and oxygen atoms in total. The van der Waals surface area contributed by atoms with Crippen LogP contribution in [-0.2, 0) is 10.5 Å². The van der Waals surface area contributed by atoms with E-state index in [1.807, 2.05) is 36.4 Å². The largest absolute Gasteiger partial charge is 0.497 e. The fourth-order valence-electron chi connectivity index (χ4n) is 3.78. The summed E-state index contributed by atoms with van der Waals surface area (Å²) in [5.41, 5.74) is 1.77. The maximum Gasteiger partial charge on any atom is 0.252 e. The van der Waals surface area contributed by atoms with Crippen LogP contribution in [0.15, 0.2) is 57.9 Å². The average Bonchev–Trinajstić information content (AvgIpc) is 3.29. The second-order valence-corrected chi connectivity index (χ2v) is 8.68. The first kappa shape index (κ1) is 23.3. The van der Waals surface area contributed by atoms with Gasteiger partial charge in [-0.2, -0.15) is 4.98 Å². The fraction of sp³-hybridized carbons (Fsp3) is 0.375. The number of morpholine rings is 1. The number of hydrogen-bond donors (Lipinski definition) is 1. The molecule has 0 spiro atoms. The van der Waals surface area contributed by atoms with E-state index in [0.29, 0.717) is 42.8 Å². The molecular weight excluding hydrogens is 440 g/mol. The summed E-state index contributed by atoms with van der Waals surface area (Å²) in [5, 5.41) is 7.08. The van der Waals surface area contributed by atoms with Crippen LogP contribution in [-0.4, -0.2) is 60.9 Å². The van der Waals surface area contributed by atoms with Gasteiger partial charge in [-0.3, -0.25) is 9.69 Å². The van der Waals surface area contributed by atoms with Gasteiger partial charge in [-0.25, -0.2) is 0 Å². The van der Waals surface area contributed by atoms with Crippen LogP contribution in [0.4, 0.5) is 0 Å². The lowest BCUT2D eigenvalue weighted by Crippen LogP contribution is -2.43. The molecular formula is C24H28N4O4S. The third-order valence-corrected chi connectivity index (χ3v) is 6.57. The van der Waals surface area contributed by atoms with Crippen molar-refractivity contribution < 1.29 is 18.8 Å². The van der Waals surface area contributed by atoms with E-state index in [4.69, 9.17) is 14.0 Å². The molecule has 1 aliphatic heterocycles. The molecule has 0 bridgehead atoms. The Bertz CT molecular complexity index is 1050. The average molecular weight is 469 g/mol.